The van der Waals surface area contributed by atoms with E-state index in [1.165, 1.54) is 0 Å². The molecule has 0 N–H and O–H groups in total. The molecule has 0 aliphatic carbocycles. The Hall–Kier alpha value is -0.510. The summed E-state index contributed by atoms with van der Waals surface area (Å²) in [6.07, 6.45) is 0. The summed E-state index contributed by atoms with van der Waals surface area (Å²) >= 11 is 15.7. The Morgan fingerprint density at radius 3 is 2.62 bits per heavy atom. The average molecular weight is 321 g/mol. The van der Waals surface area contributed by atoms with Gasteiger partial charge in [0.05, 0.1) is 38.2 Å². The van der Waals surface area contributed by atoms with Crippen LogP contribution in [0.5, 0.6) is 5.75 Å². The van der Waals surface area contributed by atoms with Crippen LogP contribution in [0.1, 0.15) is 5.69 Å². The second-order valence-corrected chi connectivity index (χ2v) is 4.88. The number of benzene rings is 1. The summed E-state index contributed by atoms with van der Waals surface area (Å²) in [5.74, 6) is 0.695. The van der Waals surface area contributed by atoms with Gasteiger partial charge in [0, 0.05) is 0 Å². The number of halogens is 3. The molecular weight excluding hydrogens is 313 g/mol. The lowest BCUT2D eigenvalue weighted by atomic mass is 10.2. The first-order valence-corrected chi connectivity index (χ1v) is 6.09. The Bertz CT molecular complexity index is 572. The number of methoxy groups -OCH3 is 1. The van der Waals surface area contributed by atoms with E-state index in [1.807, 2.05) is 6.92 Å². The SMILES string of the molecule is COc1ccc(Cl)c2nc(C)c(Cl)c(Br)c12. The van der Waals surface area contributed by atoms with Crippen LogP contribution in [0.15, 0.2) is 16.6 Å². The number of fused-ring (bicyclic) bond motifs is 1. The molecule has 0 saturated heterocycles. The van der Waals surface area contributed by atoms with Crippen LogP contribution in [-0.2, 0) is 0 Å². The van der Waals surface area contributed by atoms with Crippen LogP contribution in [0.25, 0.3) is 10.9 Å². The number of pyridine rings is 1. The third-order valence-corrected chi connectivity index (χ3v) is 4.11. The van der Waals surface area contributed by atoms with Crippen molar-refractivity contribution >= 4 is 50.0 Å². The number of hydrogen-bond acceptors (Lipinski definition) is 2. The van der Waals surface area contributed by atoms with Crippen molar-refractivity contribution in [1.82, 2.24) is 4.98 Å². The van der Waals surface area contributed by atoms with Gasteiger partial charge in [0.2, 0.25) is 0 Å². The van der Waals surface area contributed by atoms with Crippen LogP contribution in [0.4, 0.5) is 0 Å². The van der Waals surface area contributed by atoms with Crippen molar-refractivity contribution in [1.29, 1.82) is 0 Å². The molecule has 84 valence electrons. The quantitative estimate of drug-likeness (QED) is 0.764. The fraction of sp³-hybridized carbons (Fsp3) is 0.182. The largest absolute Gasteiger partial charge is 0.496 e. The molecular formula is C11H8BrCl2NO. The van der Waals surface area contributed by atoms with Crippen molar-refractivity contribution in [2.45, 2.75) is 6.92 Å². The highest BCUT2D eigenvalue weighted by Gasteiger charge is 2.15. The highest BCUT2D eigenvalue weighted by Crippen LogP contribution is 2.39. The maximum Gasteiger partial charge on any atom is 0.129 e. The molecule has 5 heteroatoms. The molecule has 1 aromatic heterocycles. The molecule has 0 aliphatic rings. The van der Waals surface area contributed by atoms with Crippen LogP contribution in [0.3, 0.4) is 0 Å². The van der Waals surface area contributed by atoms with Gasteiger partial charge in [-0.3, -0.25) is 0 Å². The molecule has 0 unspecified atom stereocenters. The maximum atomic E-state index is 6.13. The normalized spacial score (nSPS) is 10.8. The molecule has 2 nitrogen and oxygen atoms in total. The van der Waals surface area contributed by atoms with Crippen molar-refractivity contribution in [3.63, 3.8) is 0 Å². The monoisotopic (exact) mass is 319 g/mol. The Balaban J connectivity index is 2.99. The van der Waals surface area contributed by atoms with Gasteiger partial charge >= 0.3 is 0 Å². The fourth-order valence-corrected chi connectivity index (χ4v) is 2.53. The van der Waals surface area contributed by atoms with Crippen LogP contribution in [0, 0.1) is 6.92 Å². The molecule has 1 heterocycles. The number of hydrogen-bond donors (Lipinski definition) is 0. The third kappa shape index (κ3) is 1.77. The molecule has 0 spiro atoms. The molecule has 0 fully saturated rings. The van der Waals surface area contributed by atoms with E-state index < -0.39 is 0 Å². The van der Waals surface area contributed by atoms with Gasteiger partial charge in [0.1, 0.15) is 5.75 Å². The lowest BCUT2D eigenvalue weighted by Crippen LogP contribution is -1.92. The summed E-state index contributed by atoms with van der Waals surface area (Å²) in [4.78, 5) is 4.37. The summed E-state index contributed by atoms with van der Waals surface area (Å²) < 4.78 is 6.03. The van der Waals surface area contributed by atoms with E-state index >= 15 is 0 Å². The Kier molecular flexibility index (Phi) is 3.29. The summed E-state index contributed by atoms with van der Waals surface area (Å²) in [5, 5.41) is 1.95. The van der Waals surface area contributed by atoms with Crippen LogP contribution in [0.2, 0.25) is 10.0 Å². The summed E-state index contributed by atoms with van der Waals surface area (Å²) in [6.45, 7) is 1.84. The van der Waals surface area contributed by atoms with E-state index in [9.17, 15) is 0 Å². The first-order chi connectivity index (χ1) is 7.56. The molecule has 2 rings (SSSR count). The van der Waals surface area contributed by atoms with Gasteiger partial charge < -0.3 is 4.74 Å². The lowest BCUT2D eigenvalue weighted by molar-refractivity contribution is 0.419. The van der Waals surface area contributed by atoms with E-state index in [-0.39, 0.29) is 0 Å². The van der Waals surface area contributed by atoms with Gasteiger partial charge in [-0.15, -0.1) is 0 Å². The summed E-state index contributed by atoms with van der Waals surface area (Å²) in [7, 11) is 1.60. The molecule has 0 atom stereocenters. The third-order valence-electron chi connectivity index (χ3n) is 2.32. The van der Waals surface area contributed by atoms with E-state index in [2.05, 4.69) is 20.9 Å². The van der Waals surface area contributed by atoms with E-state index in [4.69, 9.17) is 27.9 Å². The molecule has 0 bridgehead atoms. The Morgan fingerprint density at radius 1 is 1.31 bits per heavy atom. The lowest BCUT2D eigenvalue weighted by Gasteiger charge is -2.10. The van der Waals surface area contributed by atoms with Crippen LogP contribution < -0.4 is 4.74 Å². The molecule has 0 amide bonds. The van der Waals surface area contributed by atoms with Gasteiger partial charge in [0.25, 0.3) is 0 Å². The first-order valence-electron chi connectivity index (χ1n) is 4.54. The number of aryl methyl sites for hydroxylation is 1. The zero-order chi connectivity index (χ0) is 11.9. The molecule has 0 saturated carbocycles. The molecule has 0 radical (unpaired) electrons. The van der Waals surface area contributed by atoms with E-state index in [1.54, 1.807) is 19.2 Å². The maximum absolute atomic E-state index is 6.13. The zero-order valence-electron chi connectivity index (χ0n) is 8.64. The van der Waals surface area contributed by atoms with E-state index in [0.29, 0.717) is 21.3 Å². The highest BCUT2D eigenvalue weighted by molar-refractivity contribution is 9.10. The second kappa shape index (κ2) is 4.40. The van der Waals surface area contributed by atoms with Crippen molar-refractivity contribution in [3.8, 4) is 5.75 Å². The first kappa shape index (κ1) is 12.0. The fourth-order valence-electron chi connectivity index (χ4n) is 1.52. The minimum atomic E-state index is 0.577. The molecule has 16 heavy (non-hydrogen) atoms. The highest BCUT2D eigenvalue weighted by atomic mass is 79.9. The van der Waals surface area contributed by atoms with Crippen molar-refractivity contribution in [2.75, 3.05) is 7.11 Å². The van der Waals surface area contributed by atoms with Gasteiger partial charge in [-0.25, -0.2) is 4.98 Å². The number of ether oxygens (including phenoxy) is 1. The Labute approximate surface area is 112 Å². The van der Waals surface area contributed by atoms with Crippen LogP contribution >= 0.6 is 39.1 Å². The van der Waals surface area contributed by atoms with E-state index in [0.717, 1.165) is 15.6 Å². The number of rotatable bonds is 1. The minimum Gasteiger partial charge on any atom is -0.496 e. The second-order valence-electron chi connectivity index (χ2n) is 3.30. The van der Waals surface area contributed by atoms with Crippen molar-refractivity contribution in [2.24, 2.45) is 0 Å². The van der Waals surface area contributed by atoms with Gasteiger partial charge in [0.15, 0.2) is 0 Å². The van der Waals surface area contributed by atoms with Crippen molar-refractivity contribution in [3.05, 3.63) is 32.3 Å². The average Bonchev–Trinajstić information content (AvgIpc) is 2.27. The smallest absolute Gasteiger partial charge is 0.129 e. The van der Waals surface area contributed by atoms with Crippen molar-refractivity contribution < 1.29 is 4.74 Å². The Morgan fingerprint density at radius 2 is 2.00 bits per heavy atom. The topological polar surface area (TPSA) is 22.1 Å². The van der Waals surface area contributed by atoms with Gasteiger partial charge in [-0.2, -0.15) is 0 Å². The number of aromatic nitrogens is 1. The number of nitrogens with zero attached hydrogens (tertiary/aromatic N) is 1. The summed E-state index contributed by atoms with van der Waals surface area (Å²) in [5.41, 5.74) is 1.42. The zero-order valence-corrected chi connectivity index (χ0v) is 11.7. The molecule has 1 aromatic carbocycles. The summed E-state index contributed by atoms with van der Waals surface area (Å²) in [6, 6.07) is 3.55. The predicted octanol–water partition coefficient (Wildman–Crippen LogP) is 4.62. The van der Waals surface area contributed by atoms with Gasteiger partial charge in [-0.1, -0.05) is 23.2 Å². The molecule has 2 aromatic rings. The molecule has 0 aliphatic heterocycles. The minimum absolute atomic E-state index is 0.577. The van der Waals surface area contributed by atoms with Crippen LogP contribution in [-0.4, -0.2) is 12.1 Å². The standard InChI is InChI=1S/C11H8BrCl2NO/c1-5-10(14)9(12)8-7(16-2)4-3-6(13)11(8)15-5/h3-4H,1-2H3. The predicted molar refractivity (Wildman–Crippen MR) is 70.8 cm³/mol. The van der Waals surface area contributed by atoms with Gasteiger partial charge in [-0.05, 0) is 35.0 Å².